The van der Waals surface area contributed by atoms with E-state index in [1.807, 2.05) is 18.2 Å². The molecule has 1 amide bonds. The van der Waals surface area contributed by atoms with Gasteiger partial charge in [0.05, 0.1) is 23.1 Å². The Kier molecular flexibility index (Phi) is 4.92. The monoisotopic (exact) mass is 366 g/mol. The zero-order valence-corrected chi connectivity index (χ0v) is 15.6. The predicted molar refractivity (Wildman–Crippen MR) is 96.3 cm³/mol. The molecule has 2 aliphatic rings. The summed E-state index contributed by atoms with van der Waals surface area (Å²) in [7, 11) is -3.09. The summed E-state index contributed by atoms with van der Waals surface area (Å²) in [6.07, 6.45) is 1.30. The summed E-state index contributed by atoms with van der Waals surface area (Å²) in [6, 6.07) is 6.97. The van der Waals surface area contributed by atoms with Crippen LogP contribution in [0.3, 0.4) is 0 Å². The number of sulfone groups is 1. The van der Waals surface area contributed by atoms with E-state index < -0.39 is 15.4 Å². The number of hydrogen-bond donors (Lipinski definition) is 2. The van der Waals surface area contributed by atoms with Crippen LogP contribution in [0.1, 0.15) is 36.2 Å². The second-order valence-corrected chi connectivity index (χ2v) is 9.87. The van der Waals surface area contributed by atoms with Gasteiger partial charge in [-0.15, -0.1) is 0 Å². The first-order chi connectivity index (χ1) is 11.6. The number of benzene rings is 1. The molecule has 2 fully saturated rings. The van der Waals surface area contributed by atoms with E-state index in [9.17, 15) is 18.3 Å². The van der Waals surface area contributed by atoms with E-state index in [0.29, 0.717) is 31.5 Å². The summed E-state index contributed by atoms with van der Waals surface area (Å²) in [5.74, 6) is 0.0284. The fourth-order valence-corrected chi connectivity index (χ4v) is 5.55. The fraction of sp³-hybridized carbons (Fsp3) is 0.611. The van der Waals surface area contributed by atoms with E-state index in [1.165, 1.54) is 0 Å². The van der Waals surface area contributed by atoms with E-state index in [-0.39, 0.29) is 29.5 Å². The van der Waals surface area contributed by atoms with Gasteiger partial charge < -0.3 is 15.3 Å². The van der Waals surface area contributed by atoms with Crippen molar-refractivity contribution < 1.29 is 18.3 Å². The minimum Gasteiger partial charge on any atom is -0.390 e. The molecular weight excluding hydrogens is 340 g/mol. The zero-order chi connectivity index (χ0) is 18.2. The number of amides is 1. The number of nitrogens with zero attached hydrogens (tertiary/aromatic N) is 1. The number of aryl methyl sites for hydroxylation is 1. The average molecular weight is 366 g/mol. The van der Waals surface area contributed by atoms with Crippen LogP contribution >= 0.6 is 0 Å². The molecule has 2 saturated heterocycles. The first kappa shape index (κ1) is 18.4. The third-order valence-electron chi connectivity index (χ3n) is 4.94. The van der Waals surface area contributed by atoms with Gasteiger partial charge in [-0.3, -0.25) is 4.79 Å². The number of rotatable bonds is 4. The molecule has 25 heavy (non-hydrogen) atoms. The molecule has 0 aliphatic carbocycles. The SMILES string of the molecule is CC(C)(O)CCc1cccc(C(=O)N2CCNC3CS(=O)(=O)CC32)c1. The lowest BCUT2D eigenvalue weighted by Gasteiger charge is -2.37. The van der Waals surface area contributed by atoms with Crippen LogP contribution in [0.4, 0.5) is 0 Å². The number of carbonyl (C=O) groups is 1. The van der Waals surface area contributed by atoms with Crippen LogP contribution in [0, 0.1) is 0 Å². The number of piperazine rings is 1. The number of hydrogen-bond acceptors (Lipinski definition) is 5. The lowest BCUT2D eigenvalue weighted by atomic mass is 9.97. The van der Waals surface area contributed by atoms with Crippen molar-refractivity contribution in [2.24, 2.45) is 0 Å². The maximum Gasteiger partial charge on any atom is 0.254 e. The van der Waals surface area contributed by atoms with Crippen LogP contribution in [-0.4, -0.2) is 66.6 Å². The Hall–Kier alpha value is -1.44. The molecule has 2 atom stereocenters. The van der Waals surface area contributed by atoms with Gasteiger partial charge in [-0.2, -0.15) is 0 Å². The van der Waals surface area contributed by atoms with Crippen LogP contribution < -0.4 is 5.32 Å². The van der Waals surface area contributed by atoms with Gasteiger partial charge in [-0.05, 0) is 44.4 Å². The second kappa shape index (κ2) is 6.70. The fourth-order valence-electron chi connectivity index (χ4n) is 3.60. The Labute approximate surface area is 149 Å². The van der Waals surface area contributed by atoms with Crippen molar-refractivity contribution in [3.63, 3.8) is 0 Å². The van der Waals surface area contributed by atoms with Crippen LogP contribution in [0.15, 0.2) is 24.3 Å². The Balaban J connectivity index is 1.76. The van der Waals surface area contributed by atoms with E-state index in [1.54, 1.807) is 24.8 Å². The molecule has 2 N–H and O–H groups in total. The molecule has 0 bridgehead atoms. The van der Waals surface area contributed by atoms with Gasteiger partial charge in [0.15, 0.2) is 9.84 Å². The zero-order valence-electron chi connectivity index (χ0n) is 14.7. The van der Waals surface area contributed by atoms with Gasteiger partial charge in [-0.1, -0.05) is 12.1 Å². The smallest absolute Gasteiger partial charge is 0.254 e. The minimum atomic E-state index is -3.09. The first-order valence-electron chi connectivity index (χ1n) is 8.71. The van der Waals surface area contributed by atoms with Crippen molar-refractivity contribution in [1.82, 2.24) is 10.2 Å². The second-order valence-electron chi connectivity index (χ2n) is 7.72. The summed E-state index contributed by atoms with van der Waals surface area (Å²) in [4.78, 5) is 14.7. The average Bonchev–Trinajstić information content (AvgIpc) is 2.85. The predicted octanol–water partition coefficient (Wildman–Crippen LogP) is 0.601. The lowest BCUT2D eigenvalue weighted by Crippen LogP contribution is -2.59. The third-order valence-corrected chi connectivity index (χ3v) is 6.66. The van der Waals surface area contributed by atoms with E-state index >= 15 is 0 Å². The molecule has 3 rings (SSSR count). The van der Waals surface area contributed by atoms with Crippen LogP contribution in [0.2, 0.25) is 0 Å². The van der Waals surface area contributed by atoms with Gasteiger partial charge in [0.25, 0.3) is 5.91 Å². The van der Waals surface area contributed by atoms with Crippen molar-refractivity contribution in [3.05, 3.63) is 35.4 Å². The summed E-state index contributed by atoms with van der Waals surface area (Å²) in [5, 5.41) is 13.1. The van der Waals surface area contributed by atoms with Crippen LogP contribution in [0.25, 0.3) is 0 Å². The Morgan fingerprint density at radius 3 is 2.84 bits per heavy atom. The highest BCUT2D eigenvalue weighted by atomic mass is 32.2. The molecule has 7 heteroatoms. The van der Waals surface area contributed by atoms with Crippen molar-refractivity contribution in [2.45, 2.75) is 44.4 Å². The molecule has 0 spiro atoms. The van der Waals surface area contributed by atoms with E-state index in [4.69, 9.17) is 0 Å². The molecule has 1 aromatic rings. The topological polar surface area (TPSA) is 86.7 Å². The Morgan fingerprint density at radius 1 is 1.36 bits per heavy atom. The molecular formula is C18H26N2O4S. The first-order valence-corrected chi connectivity index (χ1v) is 10.5. The standard InChI is InChI=1S/C18H26N2O4S/c1-18(2,22)7-6-13-4-3-5-14(10-13)17(21)20-9-8-19-15-11-25(23,24)12-16(15)20/h3-5,10,15-16,19,22H,6-9,11-12H2,1-2H3. The molecule has 1 aromatic carbocycles. The van der Waals surface area contributed by atoms with E-state index in [0.717, 1.165) is 5.56 Å². The van der Waals surface area contributed by atoms with Crippen molar-refractivity contribution in [2.75, 3.05) is 24.6 Å². The summed E-state index contributed by atoms with van der Waals surface area (Å²) < 4.78 is 23.9. The Morgan fingerprint density at radius 2 is 2.12 bits per heavy atom. The highest BCUT2D eigenvalue weighted by Crippen LogP contribution is 2.23. The largest absolute Gasteiger partial charge is 0.390 e. The molecule has 138 valence electrons. The Bertz CT molecular complexity index is 755. The van der Waals surface area contributed by atoms with Crippen molar-refractivity contribution >= 4 is 15.7 Å². The van der Waals surface area contributed by atoms with Gasteiger partial charge in [0.2, 0.25) is 0 Å². The van der Waals surface area contributed by atoms with E-state index in [2.05, 4.69) is 5.32 Å². The van der Waals surface area contributed by atoms with Gasteiger partial charge in [0.1, 0.15) is 0 Å². The molecule has 0 saturated carbocycles. The van der Waals surface area contributed by atoms with Crippen molar-refractivity contribution in [1.29, 1.82) is 0 Å². The van der Waals surface area contributed by atoms with Gasteiger partial charge in [0, 0.05) is 24.7 Å². The molecule has 2 unspecified atom stereocenters. The van der Waals surface area contributed by atoms with Crippen LogP contribution in [0.5, 0.6) is 0 Å². The maximum absolute atomic E-state index is 13.0. The molecule has 2 aliphatic heterocycles. The van der Waals surface area contributed by atoms with Gasteiger partial charge in [-0.25, -0.2) is 8.42 Å². The molecule has 2 heterocycles. The third kappa shape index (κ3) is 4.40. The highest BCUT2D eigenvalue weighted by Gasteiger charge is 2.44. The summed E-state index contributed by atoms with van der Waals surface area (Å²) in [6.45, 7) is 4.66. The van der Waals surface area contributed by atoms with Crippen molar-refractivity contribution in [3.8, 4) is 0 Å². The number of nitrogens with one attached hydrogen (secondary N) is 1. The van der Waals surface area contributed by atoms with Gasteiger partial charge >= 0.3 is 0 Å². The number of fused-ring (bicyclic) bond motifs is 1. The lowest BCUT2D eigenvalue weighted by molar-refractivity contribution is 0.0621. The normalized spacial score (nSPS) is 25.6. The quantitative estimate of drug-likeness (QED) is 0.815. The number of carbonyl (C=O) groups excluding carboxylic acids is 1. The minimum absolute atomic E-state index is 0.0365. The summed E-state index contributed by atoms with van der Waals surface area (Å²) >= 11 is 0. The maximum atomic E-state index is 13.0. The highest BCUT2D eigenvalue weighted by molar-refractivity contribution is 7.91. The van der Waals surface area contributed by atoms with Crippen LogP contribution in [-0.2, 0) is 16.3 Å². The molecule has 0 aromatic heterocycles. The summed E-state index contributed by atoms with van der Waals surface area (Å²) in [5.41, 5.74) is 0.834. The molecule has 6 nitrogen and oxygen atoms in total. The number of aliphatic hydroxyl groups is 1. The molecule has 0 radical (unpaired) electrons.